The van der Waals surface area contributed by atoms with Crippen LogP contribution in [0, 0.1) is 0 Å². The number of alkyl halides is 1. The minimum atomic E-state index is -0.135. The summed E-state index contributed by atoms with van der Waals surface area (Å²) in [7, 11) is 0. The summed E-state index contributed by atoms with van der Waals surface area (Å²) in [5.41, 5.74) is 0.507. The van der Waals surface area contributed by atoms with Gasteiger partial charge >= 0.3 is 0 Å². The minimum Gasteiger partial charge on any atom is -0.290 e. The maximum Gasteiger partial charge on any atom is 0.182 e. The van der Waals surface area contributed by atoms with E-state index >= 15 is 0 Å². The quantitative estimate of drug-likeness (QED) is 0.462. The lowest BCUT2D eigenvalue weighted by atomic mass is 10.0. The molecule has 58 valence electrons. The zero-order valence-electron chi connectivity index (χ0n) is 5.84. The molecule has 0 radical (unpaired) electrons. The second kappa shape index (κ2) is 3.49. The summed E-state index contributed by atoms with van der Waals surface area (Å²) in [5, 5.41) is 0. The van der Waals surface area contributed by atoms with Crippen molar-refractivity contribution in [3.63, 3.8) is 0 Å². The van der Waals surface area contributed by atoms with Gasteiger partial charge < -0.3 is 0 Å². The first-order chi connectivity index (χ1) is 5.24. The predicted octanol–water partition coefficient (Wildman–Crippen LogP) is 1.25. The van der Waals surface area contributed by atoms with Crippen LogP contribution in [-0.2, 0) is 9.59 Å². The lowest BCUT2D eigenvalue weighted by Gasteiger charge is -2.02. The van der Waals surface area contributed by atoms with Crippen molar-refractivity contribution in [2.75, 3.05) is 5.88 Å². The number of ketones is 2. The molecule has 0 N–H and O–H groups in total. The second-order valence-corrected chi connectivity index (χ2v) is 2.59. The van der Waals surface area contributed by atoms with Gasteiger partial charge in [0.2, 0.25) is 0 Å². The Hall–Kier alpha value is -0.890. The molecule has 1 aliphatic rings. The fourth-order valence-electron chi connectivity index (χ4n) is 0.853. The molecule has 2 nitrogen and oxygen atoms in total. The summed E-state index contributed by atoms with van der Waals surface area (Å²) < 4.78 is 0. The van der Waals surface area contributed by atoms with Crippen molar-refractivity contribution in [1.29, 1.82) is 0 Å². The van der Waals surface area contributed by atoms with Crippen LogP contribution in [0.1, 0.15) is 6.42 Å². The summed E-state index contributed by atoms with van der Waals surface area (Å²) in [6.07, 6.45) is 4.35. The van der Waals surface area contributed by atoms with E-state index in [0.717, 1.165) is 0 Å². The van der Waals surface area contributed by atoms with Gasteiger partial charge in [-0.2, -0.15) is 0 Å². The lowest BCUT2D eigenvalue weighted by molar-refractivity contribution is -0.114. The van der Waals surface area contributed by atoms with Crippen molar-refractivity contribution in [2.24, 2.45) is 0 Å². The number of hydrogen-bond donors (Lipinski definition) is 0. The lowest BCUT2D eigenvalue weighted by Crippen LogP contribution is -2.07. The Kier molecular flexibility index (Phi) is 2.60. The Morgan fingerprint density at radius 3 is 2.64 bits per heavy atom. The molecule has 0 aliphatic heterocycles. The van der Waals surface area contributed by atoms with Gasteiger partial charge in [0, 0.05) is 11.5 Å². The number of carbonyl (C=O) groups excluding carboxylic acids is 2. The minimum absolute atomic E-state index is 0.106. The molecule has 0 unspecified atom stereocenters. The Balaban J connectivity index is 2.76. The fraction of sp³-hybridized carbons (Fsp3) is 0.250. The average molecular weight is 171 g/mol. The highest BCUT2D eigenvalue weighted by Crippen LogP contribution is 2.09. The van der Waals surface area contributed by atoms with E-state index < -0.39 is 0 Å². The molecule has 0 aromatic heterocycles. The maximum atomic E-state index is 11.0. The van der Waals surface area contributed by atoms with Crippen LogP contribution in [0.3, 0.4) is 0 Å². The van der Waals surface area contributed by atoms with Gasteiger partial charge in [-0.05, 0) is 24.6 Å². The third-order valence-corrected chi connectivity index (χ3v) is 1.58. The van der Waals surface area contributed by atoms with Gasteiger partial charge in [-0.15, -0.1) is 11.6 Å². The number of halogens is 1. The fourth-order valence-corrected chi connectivity index (χ4v) is 1.06. The highest BCUT2D eigenvalue weighted by molar-refractivity contribution is 6.20. The van der Waals surface area contributed by atoms with Crippen molar-refractivity contribution in [3.05, 3.63) is 23.8 Å². The number of rotatable bonds is 2. The molecule has 3 heteroatoms. The maximum absolute atomic E-state index is 11.0. The second-order valence-electron chi connectivity index (χ2n) is 2.21. The molecular formula is C8H7ClO2. The van der Waals surface area contributed by atoms with Crippen molar-refractivity contribution in [3.8, 4) is 0 Å². The van der Waals surface area contributed by atoms with Crippen LogP contribution >= 0.6 is 11.6 Å². The predicted molar refractivity (Wildman–Crippen MR) is 42.6 cm³/mol. The molecule has 0 heterocycles. The average Bonchev–Trinajstić information content (AvgIpc) is 1.98. The van der Waals surface area contributed by atoms with E-state index in [1.54, 1.807) is 0 Å². The van der Waals surface area contributed by atoms with E-state index in [2.05, 4.69) is 0 Å². The van der Waals surface area contributed by atoms with E-state index in [0.29, 0.717) is 17.9 Å². The number of hydrogen-bond acceptors (Lipinski definition) is 2. The van der Waals surface area contributed by atoms with Gasteiger partial charge in [-0.1, -0.05) is 0 Å². The van der Waals surface area contributed by atoms with Crippen LogP contribution in [0.5, 0.6) is 0 Å². The first-order valence-corrected chi connectivity index (χ1v) is 3.80. The Bertz CT molecular complexity index is 251. The first kappa shape index (κ1) is 8.21. The monoisotopic (exact) mass is 170 g/mol. The smallest absolute Gasteiger partial charge is 0.182 e. The molecule has 1 aliphatic carbocycles. The summed E-state index contributed by atoms with van der Waals surface area (Å²) in [4.78, 5) is 21.7. The first-order valence-electron chi connectivity index (χ1n) is 3.27. The van der Waals surface area contributed by atoms with Gasteiger partial charge in [-0.3, -0.25) is 9.59 Å². The number of allylic oxidation sites excluding steroid dienone is 4. The third-order valence-electron chi connectivity index (χ3n) is 1.40. The molecule has 0 fully saturated rings. The summed E-state index contributed by atoms with van der Waals surface area (Å²) in [6, 6.07) is 0. The molecule has 0 bridgehead atoms. The van der Waals surface area contributed by atoms with Crippen LogP contribution in [-0.4, -0.2) is 17.4 Å². The van der Waals surface area contributed by atoms with E-state index in [9.17, 15) is 9.59 Å². The summed E-state index contributed by atoms with van der Waals surface area (Å²) >= 11 is 5.42. The van der Waals surface area contributed by atoms with Gasteiger partial charge in [0.15, 0.2) is 11.6 Å². The SMILES string of the molecule is O=C1C=CC(=O)C(CCCl)=C1. The van der Waals surface area contributed by atoms with Crippen molar-refractivity contribution in [1.82, 2.24) is 0 Å². The molecule has 11 heavy (non-hydrogen) atoms. The van der Waals surface area contributed by atoms with E-state index in [4.69, 9.17) is 11.6 Å². The third kappa shape index (κ3) is 2.02. The van der Waals surface area contributed by atoms with Crippen molar-refractivity contribution in [2.45, 2.75) is 6.42 Å². The molecule has 0 aromatic carbocycles. The van der Waals surface area contributed by atoms with E-state index in [-0.39, 0.29) is 11.6 Å². The standard InChI is InChI=1S/C8H7ClO2/c9-4-3-6-5-7(10)1-2-8(6)11/h1-2,5H,3-4H2. The van der Waals surface area contributed by atoms with Crippen LogP contribution < -0.4 is 0 Å². The molecule has 0 saturated heterocycles. The molecule has 0 saturated carbocycles. The van der Waals surface area contributed by atoms with Gasteiger partial charge in [0.05, 0.1) is 0 Å². The molecule has 1 rings (SSSR count). The largest absolute Gasteiger partial charge is 0.290 e. The van der Waals surface area contributed by atoms with Gasteiger partial charge in [0.1, 0.15) is 0 Å². The highest BCUT2D eigenvalue weighted by atomic mass is 35.5. The molecule has 0 amide bonds. The zero-order chi connectivity index (χ0) is 8.27. The molecule has 0 aromatic rings. The van der Waals surface area contributed by atoms with Crippen molar-refractivity contribution < 1.29 is 9.59 Å². The molecule has 0 atom stereocenters. The van der Waals surface area contributed by atoms with E-state index in [1.807, 2.05) is 0 Å². The van der Waals surface area contributed by atoms with Gasteiger partial charge in [0.25, 0.3) is 0 Å². The Morgan fingerprint density at radius 1 is 1.27 bits per heavy atom. The van der Waals surface area contributed by atoms with Gasteiger partial charge in [-0.25, -0.2) is 0 Å². The Labute approximate surface area is 69.5 Å². The molecule has 0 spiro atoms. The summed E-state index contributed by atoms with van der Waals surface area (Å²) in [5.74, 6) is 0.133. The summed E-state index contributed by atoms with van der Waals surface area (Å²) in [6.45, 7) is 0. The van der Waals surface area contributed by atoms with Crippen LogP contribution in [0.15, 0.2) is 23.8 Å². The number of carbonyl (C=O) groups is 2. The van der Waals surface area contributed by atoms with E-state index in [1.165, 1.54) is 18.2 Å². The van der Waals surface area contributed by atoms with Crippen molar-refractivity contribution >= 4 is 23.2 Å². The normalized spacial score (nSPS) is 17.0. The van der Waals surface area contributed by atoms with Crippen LogP contribution in [0.2, 0.25) is 0 Å². The van der Waals surface area contributed by atoms with Crippen LogP contribution in [0.25, 0.3) is 0 Å². The molecular weight excluding hydrogens is 164 g/mol. The topological polar surface area (TPSA) is 34.1 Å². The Morgan fingerprint density at radius 2 is 2.00 bits per heavy atom. The highest BCUT2D eigenvalue weighted by Gasteiger charge is 2.11. The zero-order valence-corrected chi connectivity index (χ0v) is 6.60. The van der Waals surface area contributed by atoms with Crippen LogP contribution in [0.4, 0.5) is 0 Å².